The van der Waals surface area contributed by atoms with Gasteiger partial charge in [-0.3, -0.25) is 0 Å². The van der Waals surface area contributed by atoms with E-state index < -0.39 is 6.43 Å². The van der Waals surface area contributed by atoms with E-state index in [1.54, 1.807) is 0 Å². The van der Waals surface area contributed by atoms with Gasteiger partial charge in [0.05, 0.1) is 6.61 Å². The highest BCUT2D eigenvalue weighted by molar-refractivity contribution is 5.42. The summed E-state index contributed by atoms with van der Waals surface area (Å²) in [5, 5.41) is 9.35. The predicted octanol–water partition coefficient (Wildman–Crippen LogP) is 3.51. The van der Waals surface area contributed by atoms with Crippen molar-refractivity contribution in [3.63, 3.8) is 0 Å². The highest BCUT2D eigenvalue weighted by atomic mass is 19.3. The minimum absolute atomic E-state index is 0.101. The molecule has 1 aromatic carbocycles. The van der Waals surface area contributed by atoms with Gasteiger partial charge >= 0.3 is 0 Å². The Morgan fingerprint density at radius 3 is 2.73 bits per heavy atom. The molecule has 1 N–H and O–H groups in total. The SMILES string of the molecule is CCCCOc1cc(C(F)F)ccc1O. The molecule has 84 valence electrons. The van der Waals surface area contributed by atoms with Gasteiger partial charge in [0.25, 0.3) is 6.43 Å². The first-order chi connectivity index (χ1) is 7.15. The van der Waals surface area contributed by atoms with Crippen LogP contribution in [0.4, 0.5) is 8.78 Å². The smallest absolute Gasteiger partial charge is 0.263 e. The van der Waals surface area contributed by atoms with Crippen LogP contribution in [0.2, 0.25) is 0 Å². The molecule has 1 rings (SSSR count). The number of rotatable bonds is 5. The Bertz CT molecular complexity index is 313. The third-order valence-electron chi connectivity index (χ3n) is 1.99. The number of phenols is 1. The zero-order valence-electron chi connectivity index (χ0n) is 8.54. The van der Waals surface area contributed by atoms with Crippen LogP contribution in [0.25, 0.3) is 0 Å². The average molecular weight is 216 g/mol. The Kier molecular flexibility index (Phi) is 4.34. The summed E-state index contributed by atoms with van der Waals surface area (Å²) in [5.74, 6) is 0.0248. The molecule has 0 bridgehead atoms. The fourth-order valence-electron chi connectivity index (χ4n) is 1.11. The molecule has 0 unspecified atom stereocenters. The number of halogens is 2. The summed E-state index contributed by atoms with van der Waals surface area (Å²) in [6.45, 7) is 2.43. The predicted molar refractivity (Wildman–Crippen MR) is 53.5 cm³/mol. The molecule has 0 amide bonds. The zero-order valence-corrected chi connectivity index (χ0v) is 8.54. The van der Waals surface area contributed by atoms with Gasteiger partial charge in [-0.05, 0) is 24.6 Å². The van der Waals surface area contributed by atoms with E-state index in [0.717, 1.165) is 12.8 Å². The van der Waals surface area contributed by atoms with E-state index in [1.807, 2.05) is 6.92 Å². The van der Waals surface area contributed by atoms with Gasteiger partial charge in [0.2, 0.25) is 0 Å². The molecule has 2 nitrogen and oxygen atoms in total. The van der Waals surface area contributed by atoms with Crippen LogP contribution < -0.4 is 4.74 Å². The molecule has 4 heteroatoms. The van der Waals surface area contributed by atoms with Crippen LogP contribution in [0.15, 0.2) is 18.2 Å². The topological polar surface area (TPSA) is 29.5 Å². The quantitative estimate of drug-likeness (QED) is 0.763. The number of phenolic OH excluding ortho intramolecular Hbond substituents is 1. The van der Waals surface area contributed by atoms with Crippen molar-refractivity contribution in [2.75, 3.05) is 6.61 Å². The van der Waals surface area contributed by atoms with Crippen molar-refractivity contribution >= 4 is 0 Å². The molecule has 0 radical (unpaired) electrons. The van der Waals surface area contributed by atoms with Crippen molar-refractivity contribution < 1.29 is 18.6 Å². The van der Waals surface area contributed by atoms with Crippen LogP contribution in [0.5, 0.6) is 11.5 Å². The number of alkyl halides is 2. The highest BCUT2D eigenvalue weighted by Gasteiger charge is 2.10. The summed E-state index contributed by atoms with van der Waals surface area (Å²) in [6.07, 6.45) is -0.757. The van der Waals surface area contributed by atoms with Crippen molar-refractivity contribution in [3.8, 4) is 11.5 Å². The van der Waals surface area contributed by atoms with Crippen LogP contribution in [-0.2, 0) is 0 Å². The zero-order chi connectivity index (χ0) is 11.3. The van der Waals surface area contributed by atoms with Gasteiger partial charge in [0.1, 0.15) is 0 Å². The van der Waals surface area contributed by atoms with E-state index in [0.29, 0.717) is 6.61 Å². The summed E-state index contributed by atoms with van der Waals surface area (Å²) in [6, 6.07) is 3.59. The lowest BCUT2D eigenvalue weighted by atomic mass is 10.2. The summed E-state index contributed by atoms with van der Waals surface area (Å²) in [4.78, 5) is 0. The maximum atomic E-state index is 12.3. The van der Waals surface area contributed by atoms with E-state index in [1.165, 1.54) is 18.2 Å². The minimum Gasteiger partial charge on any atom is -0.504 e. The van der Waals surface area contributed by atoms with Crippen LogP contribution in [0.1, 0.15) is 31.8 Å². The lowest BCUT2D eigenvalue weighted by Crippen LogP contribution is -1.97. The summed E-state index contributed by atoms with van der Waals surface area (Å²) >= 11 is 0. The Morgan fingerprint density at radius 2 is 2.13 bits per heavy atom. The standard InChI is InChI=1S/C11H14F2O2/c1-2-3-6-15-10-7-8(11(12)13)4-5-9(10)14/h4-5,7,11,14H,2-3,6H2,1H3. The maximum absolute atomic E-state index is 12.3. The molecule has 0 aliphatic heterocycles. The summed E-state index contributed by atoms with van der Waals surface area (Å²) < 4.78 is 29.8. The Labute approximate surface area is 87.5 Å². The molecule has 0 saturated heterocycles. The van der Waals surface area contributed by atoms with E-state index in [4.69, 9.17) is 4.74 Å². The molecule has 0 saturated carbocycles. The second-order valence-electron chi connectivity index (χ2n) is 3.23. The first-order valence-corrected chi connectivity index (χ1v) is 4.89. The van der Waals surface area contributed by atoms with E-state index in [-0.39, 0.29) is 17.1 Å². The van der Waals surface area contributed by atoms with E-state index in [2.05, 4.69) is 0 Å². The van der Waals surface area contributed by atoms with Gasteiger partial charge in [0, 0.05) is 5.56 Å². The minimum atomic E-state index is -2.54. The van der Waals surface area contributed by atoms with Gasteiger partial charge in [-0.15, -0.1) is 0 Å². The molecule has 0 fully saturated rings. The monoisotopic (exact) mass is 216 g/mol. The Morgan fingerprint density at radius 1 is 1.40 bits per heavy atom. The molecular formula is C11H14F2O2. The number of hydrogen-bond donors (Lipinski definition) is 1. The molecule has 0 aliphatic rings. The average Bonchev–Trinajstić information content (AvgIpc) is 2.20. The van der Waals surface area contributed by atoms with Gasteiger partial charge < -0.3 is 9.84 Å². The normalized spacial score (nSPS) is 10.7. The van der Waals surface area contributed by atoms with Crippen molar-refractivity contribution in [3.05, 3.63) is 23.8 Å². The molecule has 0 aliphatic carbocycles. The number of ether oxygens (including phenoxy) is 1. The number of aromatic hydroxyl groups is 1. The molecular weight excluding hydrogens is 202 g/mol. The summed E-state index contributed by atoms with van der Waals surface area (Å²) in [7, 11) is 0. The van der Waals surface area contributed by atoms with Crippen LogP contribution in [0.3, 0.4) is 0 Å². The van der Waals surface area contributed by atoms with E-state index in [9.17, 15) is 13.9 Å². The van der Waals surface area contributed by atoms with Crippen LogP contribution in [-0.4, -0.2) is 11.7 Å². The summed E-state index contributed by atoms with van der Waals surface area (Å²) in [5.41, 5.74) is -0.140. The number of hydrogen-bond acceptors (Lipinski definition) is 2. The highest BCUT2D eigenvalue weighted by Crippen LogP contribution is 2.31. The molecule has 1 aromatic rings. The Hall–Kier alpha value is -1.32. The van der Waals surface area contributed by atoms with Crippen LogP contribution >= 0.6 is 0 Å². The third kappa shape index (κ3) is 3.38. The molecule has 0 atom stereocenters. The second-order valence-corrected chi connectivity index (χ2v) is 3.23. The van der Waals surface area contributed by atoms with Crippen molar-refractivity contribution in [2.24, 2.45) is 0 Å². The van der Waals surface area contributed by atoms with Gasteiger partial charge in [-0.2, -0.15) is 0 Å². The van der Waals surface area contributed by atoms with Crippen LogP contribution in [0, 0.1) is 0 Å². The van der Waals surface area contributed by atoms with Gasteiger partial charge in [0.15, 0.2) is 11.5 Å². The van der Waals surface area contributed by atoms with E-state index >= 15 is 0 Å². The van der Waals surface area contributed by atoms with Crippen molar-refractivity contribution in [1.82, 2.24) is 0 Å². The third-order valence-corrected chi connectivity index (χ3v) is 1.99. The first kappa shape index (κ1) is 11.8. The fraction of sp³-hybridized carbons (Fsp3) is 0.455. The number of benzene rings is 1. The molecule has 0 spiro atoms. The first-order valence-electron chi connectivity index (χ1n) is 4.89. The largest absolute Gasteiger partial charge is 0.504 e. The van der Waals surface area contributed by atoms with Gasteiger partial charge in [-0.1, -0.05) is 13.3 Å². The molecule has 0 heterocycles. The van der Waals surface area contributed by atoms with Crippen molar-refractivity contribution in [2.45, 2.75) is 26.2 Å². The maximum Gasteiger partial charge on any atom is 0.263 e. The fourth-order valence-corrected chi connectivity index (χ4v) is 1.11. The molecule has 0 aromatic heterocycles. The lowest BCUT2D eigenvalue weighted by molar-refractivity contribution is 0.150. The van der Waals surface area contributed by atoms with Gasteiger partial charge in [-0.25, -0.2) is 8.78 Å². The van der Waals surface area contributed by atoms with Crippen molar-refractivity contribution in [1.29, 1.82) is 0 Å². The molecule has 15 heavy (non-hydrogen) atoms. The number of unbranched alkanes of at least 4 members (excludes halogenated alkanes) is 1. The second kappa shape index (κ2) is 5.53. The Balaban J connectivity index is 2.72. The lowest BCUT2D eigenvalue weighted by Gasteiger charge is -2.09.